The second kappa shape index (κ2) is 8.10. The zero-order valence-electron chi connectivity index (χ0n) is 12.9. The van der Waals surface area contributed by atoms with Gasteiger partial charge in [0.15, 0.2) is 0 Å². The molecule has 0 saturated carbocycles. The van der Waals surface area contributed by atoms with Crippen LogP contribution in [-0.2, 0) is 12.6 Å². The number of nitrogens with zero attached hydrogens (tertiary/aromatic N) is 1. The molecule has 0 bridgehead atoms. The number of halogens is 3. The monoisotopic (exact) mass is 555 g/mol. The van der Waals surface area contributed by atoms with Gasteiger partial charge in [-0.05, 0) is 36.1 Å². The molecule has 0 N–H and O–H groups in total. The van der Waals surface area contributed by atoms with Crippen molar-refractivity contribution in [1.29, 1.82) is 5.26 Å². The number of fused-ring (bicyclic) bond motifs is 1. The molecule has 0 aromatic heterocycles. The molecule has 6 heteroatoms. The van der Waals surface area contributed by atoms with Gasteiger partial charge >= 0.3 is 37.3 Å². The second-order valence-corrected chi connectivity index (χ2v) is 5.20. The van der Waals surface area contributed by atoms with Gasteiger partial charge in [0.2, 0.25) is 0 Å². The largest absolute Gasteiger partial charge is 2.00 e. The quantitative estimate of drug-likeness (QED) is 0.485. The predicted molar refractivity (Wildman–Crippen MR) is 79.8 cm³/mol. The molecule has 0 saturated heterocycles. The van der Waals surface area contributed by atoms with Gasteiger partial charge in [0.1, 0.15) is 5.75 Å². The third-order valence-electron chi connectivity index (χ3n) is 3.71. The first-order valence-electron chi connectivity index (χ1n) is 6.71. The van der Waals surface area contributed by atoms with Crippen LogP contribution in [0.5, 0.6) is 5.75 Å². The van der Waals surface area contributed by atoms with Crippen molar-refractivity contribution in [3.63, 3.8) is 0 Å². The first-order chi connectivity index (χ1) is 10.5. The van der Waals surface area contributed by atoms with Gasteiger partial charge in [0.05, 0.1) is 12.2 Å². The number of benzene rings is 2. The van der Waals surface area contributed by atoms with Crippen molar-refractivity contribution in [2.45, 2.75) is 18.5 Å². The zero-order chi connectivity index (χ0) is 15.7. The molecule has 1 heterocycles. The van der Waals surface area contributed by atoms with E-state index in [2.05, 4.69) is 6.07 Å². The zero-order valence-corrected chi connectivity index (χ0v) is 17.1. The molecule has 2 aromatic rings. The van der Waals surface area contributed by atoms with Crippen LogP contribution in [0.4, 0.5) is 13.2 Å². The Morgan fingerprint density at radius 3 is 2.62 bits per heavy atom. The molecule has 1 aliphatic heterocycles. The Balaban J connectivity index is 0.00000144. The van der Waals surface area contributed by atoms with Gasteiger partial charge in [-0.25, -0.2) is 5.26 Å². The standard InChI is InChI=1S/C17H11F3NO.CH3.U/c18-17(19,20)15-4-5-16-13(8-15)7-14(10-22-16)12-3-1-2-11(6-12)9-21;;/h2-6,8,14H,7,10H2;1H3;/q2*-1;+2. The van der Waals surface area contributed by atoms with E-state index in [1.54, 1.807) is 18.2 Å². The molecule has 1 aliphatic rings. The normalized spacial score (nSPS) is 15.8. The van der Waals surface area contributed by atoms with Gasteiger partial charge in [-0.15, -0.1) is 5.56 Å². The van der Waals surface area contributed by atoms with E-state index in [1.165, 1.54) is 6.07 Å². The average molecular weight is 555 g/mol. The fraction of sp³-hybridized carbons (Fsp3) is 0.222. The minimum Gasteiger partial charge on any atom is -0.494 e. The van der Waals surface area contributed by atoms with Crippen molar-refractivity contribution in [2.24, 2.45) is 0 Å². The number of ether oxygens (including phenoxy) is 1. The molecule has 24 heavy (non-hydrogen) atoms. The third-order valence-corrected chi connectivity index (χ3v) is 3.71. The SMILES string of the molecule is N#Cc1c[c-]cc(C2COc3ccc(C(F)(F)F)cc3C2)c1.[CH3-].[U+2]. The summed E-state index contributed by atoms with van der Waals surface area (Å²) in [7, 11) is 0. The Morgan fingerprint density at radius 1 is 1.21 bits per heavy atom. The third kappa shape index (κ3) is 4.35. The van der Waals surface area contributed by atoms with E-state index >= 15 is 0 Å². The van der Waals surface area contributed by atoms with Gasteiger partial charge in [-0.1, -0.05) is 5.56 Å². The van der Waals surface area contributed by atoms with Gasteiger partial charge in [-0.3, -0.25) is 0 Å². The number of hydrogen-bond donors (Lipinski definition) is 0. The summed E-state index contributed by atoms with van der Waals surface area (Å²) in [5.74, 6) is 0.408. The molecule has 122 valence electrons. The predicted octanol–water partition coefficient (Wildman–Crippen LogP) is 4.55. The number of nitriles is 1. The maximum Gasteiger partial charge on any atom is 2.00 e. The second-order valence-electron chi connectivity index (χ2n) is 5.20. The van der Waals surface area contributed by atoms with Crippen molar-refractivity contribution >= 4 is 0 Å². The van der Waals surface area contributed by atoms with E-state index in [9.17, 15) is 13.2 Å². The summed E-state index contributed by atoms with van der Waals surface area (Å²) in [6, 6.07) is 13.5. The van der Waals surface area contributed by atoms with E-state index in [0.29, 0.717) is 29.9 Å². The summed E-state index contributed by atoms with van der Waals surface area (Å²) in [6.45, 7) is 0.376. The summed E-state index contributed by atoms with van der Waals surface area (Å²) >= 11 is 0. The molecule has 0 fully saturated rings. The minimum absolute atomic E-state index is 0. The van der Waals surface area contributed by atoms with Gasteiger partial charge in [0, 0.05) is 6.07 Å². The summed E-state index contributed by atoms with van der Waals surface area (Å²) in [6.07, 6.45) is -3.92. The fourth-order valence-electron chi connectivity index (χ4n) is 2.58. The maximum atomic E-state index is 12.8. The van der Waals surface area contributed by atoms with E-state index in [0.717, 1.165) is 17.7 Å². The Bertz CT molecular complexity index is 753. The summed E-state index contributed by atoms with van der Waals surface area (Å²) in [5.41, 5.74) is 1.19. The van der Waals surface area contributed by atoms with E-state index in [1.807, 2.05) is 6.07 Å². The van der Waals surface area contributed by atoms with Crippen molar-refractivity contribution in [3.8, 4) is 11.8 Å². The topological polar surface area (TPSA) is 33.0 Å². The van der Waals surface area contributed by atoms with Crippen LogP contribution in [0.3, 0.4) is 0 Å². The molecule has 1 atom stereocenters. The van der Waals surface area contributed by atoms with Crippen molar-refractivity contribution in [3.05, 3.63) is 72.1 Å². The van der Waals surface area contributed by atoms with E-state index < -0.39 is 11.7 Å². The molecular weight excluding hydrogens is 541 g/mol. The van der Waals surface area contributed by atoms with E-state index in [-0.39, 0.29) is 44.5 Å². The average Bonchev–Trinajstić information content (AvgIpc) is 2.53. The van der Waals surface area contributed by atoms with Crippen LogP contribution in [0.15, 0.2) is 36.4 Å². The van der Waals surface area contributed by atoms with Crippen LogP contribution in [0, 0.1) is 55.9 Å². The molecular formula is C18H14F3NOU. The minimum atomic E-state index is -4.36. The molecule has 0 amide bonds. The molecule has 0 spiro atoms. The molecule has 0 radical (unpaired) electrons. The van der Waals surface area contributed by atoms with Crippen molar-refractivity contribution in [2.75, 3.05) is 6.61 Å². The Labute approximate surface area is 163 Å². The number of rotatable bonds is 1. The molecule has 1 unspecified atom stereocenters. The number of alkyl halides is 3. The van der Waals surface area contributed by atoms with Crippen molar-refractivity contribution < 1.29 is 49.0 Å². The van der Waals surface area contributed by atoms with Gasteiger partial charge < -0.3 is 12.2 Å². The van der Waals surface area contributed by atoms with Crippen LogP contribution < -0.4 is 4.74 Å². The molecule has 2 nitrogen and oxygen atoms in total. The maximum absolute atomic E-state index is 12.8. The van der Waals surface area contributed by atoms with Crippen LogP contribution >= 0.6 is 0 Å². The summed E-state index contributed by atoms with van der Waals surface area (Å²) in [4.78, 5) is 0. The van der Waals surface area contributed by atoms with Crippen LogP contribution in [-0.4, -0.2) is 6.61 Å². The molecule has 0 aliphatic carbocycles. The Hall–Kier alpha value is -1.43. The van der Waals surface area contributed by atoms with Crippen LogP contribution in [0.25, 0.3) is 0 Å². The molecule has 3 rings (SSSR count). The summed E-state index contributed by atoms with van der Waals surface area (Å²) < 4.78 is 44.0. The Kier molecular flexibility index (Phi) is 6.96. The first kappa shape index (κ1) is 20.6. The van der Waals surface area contributed by atoms with Crippen molar-refractivity contribution in [1.82, 2.24) is 0 Å². The summed E-state index contributed by atoms with van der Waals surface area (Å²) in [5, 5.41) is 8.92. The Morgan fingerprint density at radius 2 is 1.96 bits per heavy atom. The van der Waals surface area contributed by atoms with E-state index in [4.69, 9.17) is 10.00 Å². The number of hydrogen-bond acceptors (Lipinski definition) is 2. The fourth-order valence-corrected chi connectivity index (χ4v) is 2.58. The molecule has 2 aromatic carbocycles. The van der Waals surface area contributed by atoms with Crippen LogP contribution in [0.2, 0.25) is 0 Å². The van der Waals surface area contributed by atoms with Gasteiger partial charge in [-0.2, -0.15) is 37.4 Å². The van der Waals surface area contributed by atoms with Gasteiger partial charge in [0.25, 0.3) is 0 Å². The first-order valence-corrected chi connectivity index (χ1v) is 6.71. The smallest absolute Gasteiger partial charge is 0.494 e. The van der Waals surface area contributed by atoms with Crippen LogP contribution in [0.1, 0.15) is 28.2 Å².